The van der Waals surface area contributed by atoms with Crippen LogP contribution in [0.25, 0.3) is 22.6 Å². The highest BCUT2D eigenvalue weighted by atomic mass is 35.5. The predicted octanol–water partition coefficient (Wildman–Crippen LogP) is 4.85. The summed E-state index contributed by atoms with van der Waals surface area (Å²) in [5.74, 6) is -0.528. The first-order valence-electron chi connectivity index (χ1n) is 10.7. The number of nitrogens with zero attached hydrogens (tertiary/aromatic N) is 4. The summed E-state index contributed by atoms with van der Waals surface area (Å²) in [5, 5.41) is 7.59. The predicted molar refractivity (Wildman–Crippen MR) is 130 cm³/mol. The van der Waals surface area contributed by atoms with Gasteiger partial charge < -0.3 is 11.1 Å². The highest BCUT2D eigenvalue weighted by molar-refractivity contribution is 6.30. The number of hydrogen-bond acceptors (Lipinski definition) is 5. The molecular formula is C25H24ClFN6O. The first-order chi connectivity index (χ1) is 16.2. The number of nitrogens with two attached hydrogens (primary N) is 1. The summed E-state index contributed by atoms with van der Waals surface area (Å²) in [5.41, 5.74) is 9.02. The molecule has 1 amide bonds. The van der Waals surface area contributed by atoms with Crippen LogP contribution in [0.3, 0.4) is 0 Å². The first kappa shape index (κ1) is 23.5. The molecule has 0 unspecified atom stereocenters. The van der Waals surface area contributed by atoms with Crippen molar-refractivity contribution in [2.24, 2.45) is 12.8 Å². The van der Waals surface area contributed by atoms with Crippen LogP contribution >= 0.6 is 11.6 Å². The molecular weight excluding hydrogens is 455 g/mol. The van der Waals surface area contributed by atoms with Gasteiger partial charge in [0.15, 0.2) is 5.82 Å². The number of nitrogens with one attached hydrogen (secondary N) is 1. The normalized spacial score (nSPS) is 12.9. The van der Waals surface area contributed by atoms with Gasteiger partial charge in [0.2, 0.25) is 0 Å². The molecule has 0 radical (unpaired) electrons. The molecule has 2 heterocycles. The number of aromatic nitrogens is 4. The van der Waals surface area contributed by atoms with Gasteiger partial charge in [0, 0.05) is 35.4 Å². The van der Waals surface area contributed by atoms with Crippen molar-refractivity contribution < 1.29 is 9.18 Å². The number of halogens is 2. The van der Waals surface area contributed by atoms with Crippen molar-refractivity contribution in [3.05, 3.63) is 88.6 Å². The summed E-state index contributed by atoms with van der Waals surface area (Å²) < 4.78 is 16.3. The smallest absolute Gasteiger partial charge is 0.270 e. The molecule has 3 N–H and O–H groups in total. The van der Waals surface area contributed by atoms with Gasteiger partial charge in [0.05, 0.1) is 23.5 Å². The second kappa shape index (κ2) is 9.70. The van der Waals surface area contributed by atoms with Crippen LogP contribution < -0.4 is 11.1 Å². The molecule has 0 spiro atoms. The molecule has 0 aliphatic rings. The van der Waals surface area contributed by atoms with E-state index in [0.717, 1.165) is 5.56 Å². The van der Waals surface area contributed by atoms with Gasteiger partial charge in [0.25, 0.3) is 5.91 Å². The molecule has 0 bridgehead atoms. The summed E-state index contributed by atoms with van der Waals surface area (Å²) in [7, 11) is 1.78. The van der Waals surface area contributed by atoms with Gasteiger partial charge in [-0.05, 0) is 43.7 Å². The lowest BCUT2D eigenvalue weighted by Crippen LogP contribution is -2.28. The zero-order chi connectivity index (χ0) is 24.4. The van der Waals surface area contributed by atoms with Crippen LogP contribution in [0, 0.1) is 5.82 Å². The Hall–Kier alpha value is -3.62. The van der Waals surface area contributed by atoms with Crippen molar-refractivity contribution in [1.82, 2.24) is 25.1 Å². The standard InChI is InChI=1S/C25H24ClFN6O/c1-14(28)17-6-9-20(21(27)10-17)15(2)30-25(34)23-11-22(16-4-7-19(26)8-5-16)31-24(32-23)18-12-29-33(3)13-18/h4-15H,28H2,1-3H3,(H,30,34)/t14-,15-/m0/s1. The second-order valence-electron chi connectivity index (χ2n) is 8.14. The summed E-state index contributed by atoms with van der Waals surface area (Å²) in [4.78, 5) is 22.2. The lowest BCUT2D eigenvalue weighted by molar-refractivity contribution is 0.0934. The van der Waals surface area contributed by atoms with Crippen LogP contribution in [0.15, 0.2) is 60.9 Å². The molecule has 2 aromatic heterocycles. The van der Waals surface area contributed by atoms with Crippen molar-refractivity contribution in [2.45, 2.75) is 25.9 Å². The van der Waals surface area contributed by atoms with Crippen molar-refractivity contribution in [1.29, 1.82) is 0 Å². The number of hydrogen-bond donors (Lipinski definition) is 2. The minimum absolute atomic E-state index is 0.151. The summed E-state index contributed by atoms with van der Waals surface area (Å²) in [6.07, 6.45) is 3.39. The Balaban J connectivity index is 1.67. The maximum absolute atomic E-state index is 14.7. The summed E-state index contributed by atoms with van der Waals surface area (Å²) in [6.45, 7) is 3.50. The average Bonchev–Trinajstić information content (AvgIpc) is 3.25. The Bertz CT molecular complexity index is 1340. The molecule has 0 aliphatic heterocycles. The number of aryl methyl sites for hydroxylation is 1. The first-order valence-corrected chi connectivity index (χ1v) is 11.1. The molecule has 34 heavy (non-hydrogen) atoms. The SMILES string of the molecule is C[C@H](N)c1ccc([C@H](C)NC(=O)c2cc(-c3ccc(Cl)cc3)nc(-c3cnn(C)c3)n2)c(F)c1. The van der Waals surface area contributed by atoms with Gasteiger partial charge in [-0.3, -0.25) is 9.48 Å². The zero-order valence-electron chi connectivity index (χ0n) is 19.0. The Labute approximate surface area is 201 Å². The van der Waals surface area contributed by atoms with Gasteiger partial charge in [-0.15, -0.1) is 0 Å². The van der Waals surface area contributed by atoms with Crippen LogP contribution in [0.5, 0.6) is 0 Å². The van der Waals surface area contributed by atoms with Crippen molar-refractivity contribution >= 4 is 17.5 Å². The molecule has 0 fully saturated rings. The van der Waals surface area contributed by atoms with E-state index in [1.165, 1.54) is 6.07 Å². The van der Waals surface area contributed by atoms with E-state index < -0.39 is 17.8 Å². The molecule has 9 heteroatoms. The largest absolute Gasteiger partial charge is 0.344 e. The number of amides is 1. The highest BCUT2D eigenvalue weighted by Gasteiger charge is 2.19. The van der Waals surface area contributed by atoms with E-state index in [2.05, 4.69) is 20.4 Å². The highest BCUT2D eigenvalue weighted by Crippen LogP contribution is 2.25. The Morgan fingerprint density at radius 2 is 1.82 bits per heavy atom. The number of carbonyl (C=O) groups excluding carboxylic acids is 1. The molecule has 7 nitrogen and oxygen atoms in total. The maximum atomic E-state index is 14.7. The molecule has 0 aliphatic carbocycles. The van der Waals surface area contributed by atoms with E-state index in [1.54, 1.807) is 68.3 Å². The maximum Gasteiger partial charge on any atom is 0.270 e. The Morgan fingerprint density at radius 3 is 2.44 bits per heavy atom. The quantitative estimate of drug-likeness (QED) is 0.413. The van der Waals surface area contributed by atoms with Gasteiger partial charge >= 0.3 is 0 Å². The van der Waals surface area contributed by atoms with Gasteiger partial charge in [0.1, 0.15) is 11.5 Å². The molecule has 0 saturated carbocycles. The molecule has 4 rings (SSSR count). The number of benzene rings is 2. The van der Waals surface area contributed by atoms with Crippen molar-refractivity contribution in [3.8, 4) is 22.6 Å². The lowest BCUT2D eigenvalue weighted by atomic mass is 10.0. The van der Waals surface area contributed by atoms with E-state index >= 15 is 0 Å². The Kier molecular flexibility index (Phi) is 6.72. The van der Waals surface area contributed by atoms with E-state index in [0.29, 0.717) is 33.2 Å². The minimum Gasteiger partial charge on any atom is -0.344 e. The van der Waals surface area contributed by atoms with Crippen LogP contribution in [-0.2, 0) is 7.05 Å². The Morgan fingerprint density at radius 1 is 1.09 bits per heavy atom. The summed E-state index contributed by atoms with van der Waals surface area (Å²) >= 11 is 6.02. The molecule has 2 atom stereocenters. The molecule has 0 saturated heterocycles. The fraction of sp³-hybridized carbons (Fsp3) is 0.200. The van der Waals surface area contributed by atoms with Crippen molar-refractivity contribution in [3.63, 3.8) is 0 Å². The molecule has 2 aromatic carbocycles. The number of rotatable bonds is 6. The van der Waals surface area contributed by atoms with Gasteiger partial charge in [-0.25, -0.2) is 14.4 Å². The fourth-order valence-electron chi connectivity index (χ4n) is 3.52. The monoisotopic (exact) mass is 478 g/mol. The van der Waals surface area contributed by atoms with Crippen LogP contribution in [-0.4, -0.2) is 25.7 Å². The van der Waals surface area contributed by atoms with Crippen LogP contribution in [0.1, 0.15) is 47.5 Å². The van der Waals surface area contributed by atoms with Gasteiger partial charge in [-0.2, -0.15) is 5.10 Å². The van der Waals surface area contributed by atoms with Crippen LogP contribution in [0.2, 0.25) is 5.02 Å². The van der Waals surface area contributed by atoms with E-state index in [4.69, 9.17) is 17.3 Å². The fourth-order valence-corrected chi connectivity index (χ4v) is 3.65. The third-order valence-electron chi connectivity index (χ3n) is 5.43. The number of carbonyl (C=O) groups is 1. The second-order valence-corrected chi connectivity index (χ2v) is 8.57. The third-order valence-corrected chi connectivity index (χ3v) is 5.68. The minimum atomic E-state index is -0.592. The third kappa shape index (κ3) is 5.13. The van der Waals surface area contributed by atoms with E-state index in [9.17, 15) is 9.18 Å². The average molecular weight is 479 g/mol. The van der Waals surface area contributed by atoms with Gasteiger partial charge in [-0.1, -0.05) is 35.9 Å². The van der Waals surface area contributed by atoms with E-state index in [-0.39, 0.29) is 11.7 Å². The van der Waals surface area contributed by atoms with Crippen molar-refractivity contribution in [2.75, 3.05) is 0 Å². The van der Waals surface area contributed by atoms with E-state index in [1.807, 2.05) is 12.1 Å². The molecule has 4 aromatic rings. The zero-order valence-corrected chi connectivity index (χ0v) is 19.7. The van der Waals surface area contributed by atoms with Crippen LogP contribution in [0.4, 0.5) is 4.39 Å². The summed E-state index contributed by atoms with van der Waals surface area (Å²) in [6, 6.07) is 12.6. The topological polar surface area (TPSA) is 98.7 Å². The molecule has 174 valence electrons. The lowest BCUT2D eigenvalue weighted by Gasteiger charge is -2.17.